The van der Waals surface area contributed by atoms with E-state index in [2.05, 4.69) is 17.4 Å². The number of rotatable bonds is 9. The number of hydrogen-bond acceptors (Lipinski definition) is 3. The van der Waals surface area contributed by atoms with E-state index in [9.17, 15) is 13.2 Å². The first-order valence-corrected chi connectivity index (χ1v) is 11.8. The average Bonchev–Trinajstić information content (AvgIpc) is 2.78. The molecule has 1 amide bonds. The Morgan fingerprint density at radius 3 is 2.13 bits per heavy atom. The van der Waals surface area contributed by atoms with Crippen LogP contribution < -0.4 is 9.62 Å². The summed E-state index contributed by atoms with van der Waals surface area (Å²) in [5.74, 6) is -0.330. The van der Waals surface area contributed by atoms with Crippen molar-refractivity contribution in [2.75, 3.05) is 10.8 Å². The van der Waals surface area contributed by atoms with Crippen molar-refractivity contribution in [3.8, 4) is 0 Å². The van der Waals surface area contributed by atoms with Crippen LogP contribution in [0.25, 0.3) is 0 Å². The van der Waals surface area contributed by atoms with Crippen molar-refractivity contribution in [1.29, 1.82) is 0 Å². The summed E-state index contributed by atoms with van der Waals surface area (Å²) >= 11 is 0. The Balaban J connectivity index is 1.76. The molecule has 0 radical (unpaired) electrons. The van der Waals surface area contributed by atoms with Gasteiger partial charge in [-0.15, -0.1) is 0 Å². The third-order valence-corrected chi connectivity index (χ3v) is 6.89. The van der Waals surface area contributed by atoms with Crippen molar-refractivity contribution in [1.82, 2.24) is 5.32 Å². The number of nitrogens with zero attached hydrogens (tertiary/aromatic N) is 1. The van der Waals surface area contributed by atoms with Gasteiger partial charge in [-0.05, 0) is 56.0 Å². The van der Waals surface area contributed by atoms with E-state index in [1.807, 2.05) is 44.2 Å². The Morgan fingerprint density at radius 1 is 0.903 bits per heavy atom. The maximum absolute atomic E-state index is 13.4. The van der Waals surface area contributed by atoms with E-state index in [0.717, 1.165) is 18.4 Å². The van der Waals surface area contributed by atoms with Crippen molar-refractivity contribution in [2.24, 2.45) is 0 Å². The standard InChI is InChI=1S/C25H28N2O3S/c1-20-11-9-10-16-24(20)27(31(29,30)23-14-7-4-8-15-23)19-25(28)26-21(2)17-18-22-12-5-3-6-13-22/h3-16,21H,17-19H2,1-2H3,(H,26,28). The smallest absolute Gasteiger partial charge is 0.264 e. The minimum Gasteiger partial charge on any atom is -0.352 e. The van der Waals surface area contributed by atoms with Crippen molar-refractivity contribution in [3.05, 3.63) is 96.1 Å². The van der Waals surface area contributed by atoms with Crippen LogP contribution in [0, 0.1) is 6.92 Å². The predicted octanol–water partition coefficient (Wildman–Crippen LogP) is 4.33. The van der Waals surface area contributed by atoms with Crippen LogP contribution in [0.5, 0.6) is 0 Å². The van der Waals surface area contributed by atoms with Crippen LogP contribution in [0.4, 0.5) is 5.69 Å². The van der Waals surface area contributed by atoms with Crippen LogP contribution in [0.3, 0.4) is 0 Å². The number of anilines is 1. The van der Waals surface area contributed by atoms with Crippen molar-refractivity contribution in [2.45, 2.75) is 37.6 Å². The van der Waals surface area contributed by atoms with E-state index in [1.54, 1.807) is 42.5 Å². The van der Waals surface area contributed by atoms with Gasteiger partial charge in [-0.25, -0.2) is 8.42 Å². The highest BCUT2D eigenvalue weighted by atomic mass is 32.2. The summed E-state index contributed by atoms with van der Waals surface area (Å²) in [5.41, 5.74) is 2.49. The summed E-state index contributed by atoms with van der Waals surface area (Å²) in [6.07, 6.45) is 1.61. The number of sulfonamides is 1. The number of para-hydroxylation sites is 1. The van der Waals surface area contributed by atoms with Crippen LogP contribution >= 0.6 is 0 Å². The molecule has 0 bridgehead atoms. The fourth-order valence-corrected chi connectivity index (χ4v) is 4.92. The average molecular weight is 437 g/mol. The summed E-state index contributed by atoms with van der Waals surface area (Å²) in [6, 6.07) is 25.4. The van der Waals surface area contributed by atoms with Gasteiger partial charge in [0.1, 0.15) is 6.54 Å². The summed E-state index contributed by atoms with van der Waals surface area (Å²) in [5, 5.41) is 2.95. The molecule has 31 heavy (non-hydrogen) atoms. The molecule has 1 N–H and O–H groups in total. The third-order valence-electron chi connectivity index (χ3n) is 5.12. The summed E-state index contributed by atoms with van der Waals surface area (Å²) in [7, 11) is -3.89. The quantitative estimate of drug-likeness (QED) is 0.543. The molecule has 0 aromatic heterocycles. The van der Waals surface area contributed by atoms with Gasteiger partial charge in [0.2, 0.25) is 5.91 Å². The maximum Gasteiger partial charge on any atom is 0.264 e. The monoisotopic (exact) mass is 436 g/mol. The second kappa shape index (κ2) is 10.3. The highest BCUT2D eigenvalue weighted by molar-refractivity contribution is 7.92. The molecule has 0 aliphatic rings. The lowest BCUT2D eigenvalue weighted by molar-refractivity contribution is -0.120. The summed E-state index contributed by atoms with van der Waals surface area (Å²) in [6.45, 7) is 3.49. The predicted molar refractivity (Wildman–Crippen MR) is 125 cm³/mol. The maximum atomic E-state index is 13.4. The lowest BCUT2D eigenvalue weighted by atomic mass is 10.1. The summed E-state index contributed by atoms with van der Waals surface area (Å²) in [4.78, 5) is 13.0. The molecule has 3 aromatic carbocycles. The molecule has 1 atom stereocenters. The SMILES string of the molecule is Cc1ccccc1N(CC(=O)NC(C)CCc1ccccc1)S(=O)(=O)c1ccccc1. The molecule has 6 heteroatoms. The Morgan fingerprint density at radius 2 is 1.48 bits per heavy atom. The molecule has 3 aromatic rings. The molecule has 0 fully saturated rings. The number of carbonyl (C=O) groups excluding carboxylic acids is 1. The van der Waals surface area contributed by atoms with Gasteiger partial charge >= 0.3 is 0 Å². The van der Waals surface area contributed by atoms with Crippen LogP contribution in [-0.4, -0.2) is 26.9 Å². The van der Waals surface area contributed by atoms with Crippen LogP contribution in [0.1, 0.15) is 24.5 Å². The zero-order valence-electron chi connectivity index (χ0n) is 17.9. The number of hydrogen-bond donors (Lipinski definition) is 1. The molecule has 0 aliphatic carbocycles. The number of carbonyl (C=O) groups is 1. The van der Waals surface area contributed by atoms with Crippen LogP contribution in [0.2, 0.25) is 0 Å². The normalized spacial score (nSPS) is 12.2. The second-order valence-corrected chi connectivity index (χ2v) is 9.47. The Hall–Kier alpha value is -3.12. The topological polar surface area (TPSA) is 66.5 Å². The van der Waals surface area contributed by atoms with Gasteiger partial charge in [0.25, 0.3) is 10.0 Å². The highest BCUT2D eigenvalue weighted by Crippen LogP contribution is 2.26. The molecule has 0 spiro atoms. The number of amides is 1. The molecular formula is C25H28N2O3S. The van der Waals surface area contributed by atoms with Gasteiger partial charge < -0.3 is 5.32 Å². The van der Waals surface area contributed by atoms with E-state index in [1.165, 1.54) is 9.87 Å². The summed E-state index contributed by atoms with van der Waals surface area (Å²) < 4.78 is 27.9. The second-order valence-electron chi connectivity index (χ2n) is 7.60. The molecule has 0 saturated heterocycles. The fourth-order valence-electron chi connectivity index (χ4n) is 3.41. The van der Waals surface area contributed by atoms with Crippen LogP contribution in [0.15, 0.2) is 89.8 Å². The molecular weight excluding hydrogens is 408 g/mol. The zero-order chi connectivity index (χ0) is 22.3. The van der Waals surface area contributed by atoms with Gasteiger partial charge in [-0.3, -0.25) is 9.10 Å². The van der Waals surface area contributed by atoms with Crippen molar-refractivity contribution in [3.63, 3.8) is 0 Å². The molecule has 1 unspecified atom stereocenters. The lowest BCUT2D eigenvalue weighted by Gasteiger charge is -2.26. The number of benzene rings is 3. The Bertz CT molecular complexity index is 1100. The Labute approximate surface area is 184 Å². The van der Waals surface area contributed by atoms with Crippen molar-refractivity contribution >= 4 is 21.6 Å². The van der Waals surface area contributed by atoms with Crippen LogP contribution in [-0.2, 0) is 21.2 Å². The van der Waals surface area contributed by atoms with Crippen molar-refractivity contribution < 1.29 is 13.2 Å². The molecule has 162 valence electrons. The van der Waals surface area contributed by atoms with Gasteiger partial charge in [0, 0.05) is 6.04 Å². The fraction of sp³-hybridized carbons (Fsp3) is 0.240. The molecule has 0 aliphatic heterocycles. The first-order valence-electron chi connectivity index (χ1n) is 10.3. The van der Waals surface area contributed by atoms with E-state index in [4.69, 9.17) is 0 Å². The highest BCUT2D eigenvalue weighted by Gasteiger charge is 2.28. The third kappa shape index (κ3) is 5.95. The van der Waals surface area contributed by atoms with Gasteiger partial charge in [0.15, 0.2) is 0 Å². The molecule has 5 nitrogen and oxygen atoms in total. The largest absolute Gasteiger partial charge is 0.352 e. The number of nitrogens with one attached hydrogen (secondary N) is 1. The number of aryl methyl sites for hydroxylation is 2. The molecule has 3 rings (SSSR count). The van der Waals surface area contributed by atoms with E-state index in [-0.39, 0.29) is 23.4 Å². The zero-order valence-corrected chi connectivity index (χ0v) is 18.7. The van der Waals surface area contributed by atoms with E-state index in [0.29, 0.717) is 5.69 Å². The van der Waals surface area contributed by atoms with E-state index >= 15 is 0 Å². The minimum absolute atomic E-state index is 0.0779. The molecule has 0 saturated carbocycles. The van der Waals surface area contributed by atoms with E-state index < -0.39 is 10.0 Å². The first kappa shape index (κ1) is 22.6. The Kier molecular flexibility index (Phi) is 7.47. The van der Waals surface area contributed by atoms with Gasteiger partial charge in [0.05, 0.1) is 10.6 Å². The lowest BCUT2D eigenvalue weighted by Crippen LogP contribution is -2.44. The molecule has 0 heterocycles. The van der Waals surface area contributed by atoms with Gasteiger partial charge in [-0.2, -0.15) is 0 Å². The first-order chi connectivity index (χ1) is 14.9. The minimum atomic E-state index is -3.89. The van der Waals surface area contributed by atoms with Gasteiger partial charge in [-0.1, -0.05) is 66.7 Å².